The van der Waals surface area contributed by atoms with E-state index in [-0.39, 0.29) is 23.4 Å². The van der Waals surface area contributed by atoms with Gasteiger partial charge in [-0.3, -0.25) is 4.79 Å². The average molecular weight is 313 g/mol. The van der Waals surface area contributed by atoms with Crippen molar-refractivity contribution in [3.05, 3.63) is 46.0 Å². The predicted molar refractivity (Wildman–Crippen MR) is 79.4 cm³/mol. The second-order valence-electron chi connectivity index (χ2n) is 4.70. The minimum atomic E-state index is -0.676. The first-order valence-corrected chi connectivity index (χ1v) is 7.11. The Balaban J connectivity index is 2.87. The smallest absolute Gasteiger partial charge is 0.282 e. The van der Waals surface area contributed by atoms with Gasteiger partial charge in [0.1, 0.15) is 10.8 Å². The SMILES string of the molecule is C=C(F)/C=C(\C=C(/C)F)Cc1nnc(C(=O)NC(C)C)s1. The summed E-state index contributed by atoms with van der Waals surface area (Å²) >= 11 is 1.09. The van der Waals surface area contributed by atoms with Crippen molar-refractivity contribution in [1.29, 1.82) is 0 Å². The van der Waals surface area contributed by atoms with Crippen molar-refractivity contribution in [1.82, 2.24) is 15.5 Å². The topological polar surface area (TPSA) is 54.9 Å². The Kier molecular flexibility index (Phi) is 6.36. The van der Waals surface area contributed by atoms with Gasteiger partial charge in [0, 0.05) is 12.5 Å². The summed E-state index contributed by atoms with van der Waals surface area (Å²) in [7, 11) is 0. The van der Waals surface area contributed by atoms with E-state index in [1.54, 1.807) is 0 Å². The van der Waals surface area contributed by atoms with Gasteiger partial charge in [0.25, 0.3) is 5.91 Å². The van der Waals surface area contributed by atoms with E-state index in [0.717, 1.165) is 17.4 Å². The van der Waals surface area contributed by atoms with Crippen molar-refractivity contribution >= 4 is 17.2 Å². The molecule has 0 unspecified atom stereocenters. The number of allylic oxidation sites excluding steroid dienone is 5. The number of nitrogens with zero attached hydrogens (tertiary/aromatic N) is 2. The fraction of sp³-hybridized carbons (Fsp3) is 0.357. The third-order valence-corrected chi connectivity index (χ3v) is 3.08. The maximum Gasteiger partial charge on any atom is 0.282 e. The highest BCUT2D eigenvalue weighted by Crippen LogP contribution is 2.18. The van der Waals surface area contributed by atoms with E-state index in [1.165, 1.54) is 13.0 Å². The van der Waals surface area contributed by atoms with E-state index < -0.39 is 11.7 Å². The standard InChI is InChI=1S/C14H17F2N3OS/c1-8(2)17-13(20)14-19-18-12(21-14)7-11(5-9(3)15)6-10(4)16/h5-6,8H,3,7H2,1-2,4H3,(H,17,20)/b10-6+,11-5+. The van der Waals surface area contributed by atoms with Gasteiger partial charge >= 0.3 is 0 Å². The Morgan fingerprint density at radius 2 is 2.05 bits per heavy atom. The Morgan fingerprint density at radius 1 is 1.38 bits per heavy atom. The lowest BCUT2D eigenvalue weighted by Gasteiger charge is -2.04. The fourth-order valence-electron chi connectivity index (χ4n) is 1.52. The zero-order chi connectivity index (χ0) is 16.0. The number of rotatable bonds is 6. The van der Waals surface area contributed by atoms with Crippen LogP contribution in [0.3, 0.4) is 0 Å². The second kappa shape index (κ2) is 7.78. The largest absolute Gasteiger partial charge is 0.348 e. The van der Waals surface area contributed by atoms with Crippen LogP contribution in [0, 0.1) is 0 Å². The van der Waals surface area contributed by atoms with Crippen LogP contribution in [0.25, 0.3) is 0 Å². The van der Waals surface area contributed by atoms with Crippen LogP contribution in [0.5, 0.6) is 0 Å². The zero-order valence-electron chi connectivity index (χ0n) is 12.1. The molecule has 4 nitrogen and oxygen atoms in total. The number of aromatic nitrogens is 2. The molecule has 1 rings (SSSR count). The van der Waals surface area contributed by atoms with Crippen LogP contribution >= 0.6 is 11.3 Å². The first kappa shape index (κ1) is 17.2. The monoisotopic (exact) mass is 313 g/mol. The summed E-state index contributed by atoms with van der Waals surface area (Å²) < 4.78 is 25.8. The summed E-state index contributed by atoms with van der Waals surface area (Å²) in [5.74, 6) is -1.44. The van der Waals surface area contributed by atoms with E-state index in [2.05, 4.69) is 22.1 Å². The lowest BCUT2D eigenvalue weighted by atomic mass is 10.1. The summed E-state index contributed by atoms with van der Waals surface area (Å²) in [6, 6.07) is -0.00714. The number of halogens is 2. The molecule has 21 heavy (non-hydrogen) atoms. The number of nitrogens with one attached hydrogen (secondary N) is 1. The van der Waals surface area contributed by atoms with Gasteiger partial charge < -0.3 is 5.32 Å². The zero-order valence-corrected chi connectivity index (χ0v) is 12.9. The highest BCUT2D eigenvalue weighted by molar-refractivity contribution is 7.13. The summed E-state index contributed by atoms with van der Waals surface area (Å²) in [6.45, 7) is 8.05. The molecule has 0 aliphatic rings. The molecule has 0 saturated heterocycles. The van der Waals surface area contributed by atoms with E-state index >= 15 is 0 Å². The minimum absolute atomic E-state index is 0.00714. The summed E-state index contributed by atoms with van der Waals surface area (Å²) in [5.41, 5.74) is 0.370. The Bertz CT molecular complexity index is 587. The molecular weight excluding hydrogens is 296 g/mol. The second-order valence-corrected chi connectivity index (χ2v) is 5.77. The first-order valence-electron chi connectivity index (χ1n) is 6.30. The molecule has 1 heterocycles. The predicted octanol–water partition coefficient (Wildman–Crippen LogP) is 3.50. The number of hydrogen-bond donors (Lipinski definition) is 1. The molecule has 0 atom stereocenters. The molecule has 1 aromatic rings. The number of carbonyl (C=O) groups excluding carboxylic acids is 1. The fourth-order valence-corrected chi connectivity index (χ4v) is 2.29. The van der Waals surface area contributed by atoms with Crippen molar-refractivity contribution in [3.8, 4) is 0 Å². The molecule has 114 valence electrons. The first-order chi connectivity index (χ1) is 9.77. The summed E-state index contributed by atoms with van der Waals surface area (Å²) in [4.78, 5) is 11.7. The van der Waals surface area contributed by atoms with Crippen molar-refractivity contribution in [3.63, 3.8) is 0 Å². The quantitative estimate of drug-likeness (QED) is 0.818. The average Bonchev–Trinajstić information content (AvgIpc) is 2.74. The van der Waals surface area contributed by atoms with Crippen molar-refractivity contribution in [2.75, 3.05) is 0 Å². The van der Waals surface area contributed by atoms with Gasteiger partial charge in [-0.2, -0.15) is 0 Å². The maximum atomic E-state index is 13.0. The van der Waals surface area contributed by atoms with Gasteiger partial charge in [-0.15, -0.1) is 10.2 Å². The highest BCUT2D eigenvalue weighted by Gasteiger charge is 2.14. The van der Waals surface area contributed by atoms with Gasteiger partial charge in [-0.1, -0.05) is 17.9 Å². The summed E-state index contributed by atoms with van der Waals surface area (Å²) in [6.07, 6.45) is 2.50. The van der Waals surface area contributed by atoms with Gasteiger partial charge in [-0.05, 0) is 38.5 Å². The van der Waals surface area contributed by atoms with Crippen LogP contribution in [-0.4, -0.2) is 22.1 Å². The van der Waals surface area contributed by atoms with Gasteiger partial charge in [0.05, 0.1) is 5.83 Å². The van der Waals surface area contributed by atoms with E-state index in [4.69, 9.17) is 0 Å². The van der Waals surface area contributed by atoms with E-state index in [9.17, 15) is 13.6 Å². The molecule has 1 amide bonds. The number of hydrogen-bond acceptors (Lipinski definition) is 4. The number of amides is 1. The molecule has 0 aromatic carbocycles. The van der Waals surface area contributed by atoms with Gasteiger partial charge in [0.2, 0.25) is 5.01 Å². The normalized spacial score (nSPS) is 12.7. The Hall–Kier alpha value is -1.89. The molecule has 0 spiro atoms. The number of carbonyl (C=O) groups is 1. The molecule has 0 saturated carbocycles. The molecule has 0 aliphatic carbocycles. The molecule has 0 bridgehead atoms. The molecule has 7 heteroatoms. The van der Waals surface area contributed by atoms with Crippen molar-refractivity contribution in [2.45, 2.75) is 33.2 Å². The van der Waals surface area contributed by atoms with Crippen LogP contribution < -0.4 is 5.32 Å². The molecule has 0 aliphatic heterocycles. The molecule has 0 fully saturated rings. The lowest BCUT2D eigenvalue weighted by Crippen LogP contribution is -2.29. The highest BCUT2D eigenvalue weighted by atomic mass is 32.1. The van der Waals surface area contributed by atoms with Crippen LogP contribution in [0.4, 0.5) is 8.78 Å². The molecule has 1 N–H and O–H groups in total. The van der Waals surface area contributed by atoms with Crippen LogP contribution in [-0.2, 0) is 6.42 Å². The van der Waals surface area contributed by atoms with Crippen molar-refractivity contribution in [2.24, 2.45) is 0 Å². The lowest BCUT2D eigenvalue weighted by molar-refractivity contribution is 0.0942. The van der Waals surface area contributed by atoms with Gasteiger partial charge in [-0.25, -0.2) is 8.78 Å². The van der Waals surface area contributed by atoms with Gasteiger partial charge in [0.15, 0.2) is 0 Å². The van der Waals surface area contributed by atoms with Crippen molar-refractivity contribution < 1.29 is 13.6 Å². The van der Waals surface area contributed by atoms with Crippen LogP contribution in [0.15, 0.2) is 36.0 Å². The molecule has 1 aromatic heterocycles. The molecule has 0 radical (unpaired) electrons. The third-order valence-electron chi connectivity index (χ3n) is 2.16. The summed E-state index contributed by atoms with van der Waals surface area (Å²) in [5, 5.41) is 11.1. The molecular formula is C14H17F2N3OS. The third kappa shape index (κ3) is 6.40. The van der Waals surface area contributed by atoms with Crippen LogP contribution in [0.1, 0.15) is 35.6 Å². The van der Waals surface area contributed by atoms with Crippen LogP contribution in [0.2, 0.25) is 0 Å². The minimum Gasteiger partial charge on any atom is -0.348 e. The van der Waals surface area contributed by atoms with E-state index in [0.29, 0.717) is 10.6 Å². The maximum absolute atomic E-state index is 13.0. The Labute approximate surface area is 126 Å². The van der Waals surface area contributed by atoms with E-state index in [1.807, 2.05) is 13.8 Å². The Morgan fingerprint density at radius 3 is 2.57 bits per heavy atom.